The van der Waals surface area contributed by atoms with E-state index in [1.54, 1.807) is 0 Å². The number of anilines is 1. The van der Waals surface area contributed by atoms with Gasteiger partial charge in [0.25, 0.3) is 5.91 Å². The fraction of sp³-hybridized carbons (Fsp3) is 0.316. The summed E-state index contributed by atoms with van der Waals surface area (Å²) in [4.78, 5) is 12.4. The molecule has 0 spiro atoms. The quantitative estimate of drug-likeness (QED) is 0.740. The Balaban J connectivity index is 1.99. The van der Waals surface area contributed by atoms with Crippen LogP contribution in [0.1, 0.15) is 15.9 Å². The molecule has 0 radical (unpaired) electrons. The van der Waals surface area contributed by atoms with Gasteiger partial charge >= 0.3 is 0 Å². The van der Waals surface area contributed by atoms with E-state index in [-0.39, 0.29) is 58.8 Å². The fourth-order valence-corrected chi connectivity index (χ4v) is 4.72. The summed E-state index contributed by atoms with van der Waals surface area (Å²) in [5, 5.41) is 2.25. The van der Waals surface area contributed by atoms with Crippen molar-refractivity contribution in [3.05, 3.63) is 52.0 Å². The summed E-state index contributed by atoms with van der Waals surface area (Å²) in [6.45, 7) is 2.05. The predicted octanol–water partition coefficient (Wildman–Crippen LogP) is 3.21. The molecule has 1 aliphatic rings. The van der Waals surface area contributed by atoms with E-state index in [9.17, 15) is 22.0 Å². The Labute approximate surface area is 177 Å². The van der Waals surface area contributed by atoms with Crippen LogP contribution in [0.5, 0.6) is 5.75 Å². The summed E-state index contributed by atoms with van der Waals surface area (Å²) >= 11 is 6.15. The lowest BCUT2D eigenvalue weighted by Gasteiger charge is -2.27. The molecule has 0 bridgehead atoms. The molecule has 1 heterocycles. The van der Waals surface area contributed by atoms with Crippen molar-refractivity contribution in [2.24, 2.45) is 0 Å². The number of hydrogen-bond acceptors (Lipinski definition) is 5. The Morgan fingerprint density at radius 2 is 1.77 bits per heavy atom. The minimum absolute atomic E-state index is 0.0320. The van der Waals surface area contributed by atoms with Gasteiger partial charge in [-0.1, -0.05) is 11.6 Å². The minimum Gasteiger partial charge on any atom is -0.495 e. The Morgan fingerprint density at radius 3 is 2.33 bits per heavy atom. The molecule has 11 heteroatoms. The molecule has 2 aromatic carbocycles. The largest absolute Gasteiger partial charge is 0.495 e. The predicted molar refractivity (Wildman–Crippen MR) is 107 cm³/mol. The number of amides is 1. The van der Waals surface area contributed by atoms with Crippen molar-refractivity contribution in [2.45, 2.75) is 11.8 Å². The molecule has 1 amide bonds. The van der Waals surface area contributed by atoms with Gasteiger partial charge in [0.05, 0.1) is 30.9 Å². The molecule has 0 unspecified atom stereocenters. The number of carbonyl (C=O) groups excluding carboxylic acids is 1. The highest BCUT2D eigenvalue weighted by molar-refractivity contribution is 7.89. The topological polar surface area (TPSA) is 84.9 Å². The molecule has 1 fully saturated rings. The SMILES string of the molecule is COc1cc(Cl)c(C(=O)Nc2cc(F)c(C)c(F)c2)cc1S(=O)(=O)N1CCOCC1. The average Bonchev–Trinajstić information content (AvgIpc) is 2.72. The molecule has 2 aromatic rings. The Kier molecular flexibility index (Phi) is 6.61. The number of methoxy groups -OCH3 is 1. The van der Waals surface area contributed by atoms with Gasteiger partial charge in [0.2, 0.25) is 10.0 Å². The normalized spacial score (nSPS) is 15.1. The first-order chi connectivity index (χ1) is 14.1. The average molecular weight is 461 g/mol. The van der Waals surface area contributed by atoms with E-state index in [1.807, 2.05) is 0 Å². The van der Waals surface area contributed by atoms with Gasteiger partial charge in [-0.15, -0.1) is 0 Å². The number of benzene rings is 2. The van der Waals surface area contributed by atoms with E-state index >= 15 is 0 Å². The molecule has 0 aromatic heterocycles. The van der Waals surface area contributed by atoms with Crippen molar-refractivity contribution in [1.29, 1.82) is 0 Å². The minimum atomic E-state index is -4.00. The van der Waals surface area contributed by atoms with Gasteiger partial charge in [-0.05, 0) is 25.1 Å². The van der Waals surface area contributed by atoms with E-state index in [0.717, 1.165) is 18.2 Å². The van der Waals surface area contributed by atoms with Gasteiger partial charge in [0.1, 0.15) is 22.3 Å². The molecule has 7 nitrogen and oxygen atoms in total. The highest BCUT2D eigenvalue weighted by Gasteiger charge is 2.31. The van der Waals surface area contributed by atoms with Crippen molar-refractivity contribution in [2.75, 3.05) is 38.7 Å². The second-order valence-electron chi connectivity index (χ2n) is 6.52. The van der Waals surface area contributed by atoms with Crippen LogP contribution in [0.3, 0.4) is 0 Å². The first kappa shape index (κ1) is 22.4. The Morgan fingerprint density at radius 1 is 1.17 bits per heavy atom. The van der Waals surface area contributed by atoms with Crippen LogP contribution < -0.4 is 10.1 Å². The molecule has 0 aliphatic carbocycles. The summed E-state index contributed by atoms with van der Waals surface area (Å²) < 4.78 is 65.2. The third kappa shape index (κ3) is 4.41. The van der Waals surface area contributed by atoms with Crippen LogP contribution >= 0.6 is 11.6 Å². The van der Waals surface area contributed by atoms with Gasteiger partial charge in [-0.3, -0.25) is 4.79 Å². The molecule has 1 N–H and O–H groups in total. The van der Waals surface area contributed by atoms with Crippen LogP contribution in [-0.2, 0) is 14.8 Å². The van der Waals surface area contributed by atoms with E-state index in [4.69, 9.17) is 21.1 Å². The first-order valence-corrected chi connectivity index (χ1v) is 10.7. The maximum Gasteiger partial charge on any atom is 0.257 e. The molecule has 30 heavy (non-hydrogen) atoms. The van der Waals surface area contributed by atoms with Crippen LogP contribution in [0.2, 0.25) is 5.02 Å². The number of halogens is 3. The molecule has 3 rings (SSSR count). The van der Waals surface area contributed by atoms with Gasteiger partial charge in [0.15, 0.2) is 0 Å². The lowest BCUT2D eigenvalue weighted by atomic mass is 10.1. The Hall–Kier alpha value is -2.27. The summed E-state index contributed by atoms with van der Waals surface area (Å²) in [6, 6.07) is 4.21. The van der Waals surface area contributed by atoms with Crippen molar-refractivity contribution in [3.8, 4) is 5.75 Å². The van der Waals surface area contributed by atoms with Crippen molar-refractivity contribution < 1.29 is 31.5 Å². The molecule has 0 atom stereocenters. The number of sulfonamides is 1. The van der Waals surface area contributed by atoms with Crippen molar-refractivity contribution in [3.63, 3.8) is 0 Å². The molecule has 162 valence electrons. The highest BCUT2D eigenvalue weighted by atomic mass is 35.5. The maximum absolute atomic E-state index is 13.8. The van der Waals surface area contributed by atoms with Gasteiger partial charge in [0, 0.05) is 30.4 Å². The molecular weight excluding hydrogens is 442 g/mol. The second-order valence-corrected chi connectivity index (χ2v) is 8.83. The fourth-order valence-electron chi connectivity index (χ4n) is 2.91. The van der Waals surface area contributed by atoms with E-state index in [1.165, 1.54) is 24.4 Å². The molecular formula is C19H19ClF2N2O5S. The summed E-state index contributed by atoms with van der Waals surface area (Å²) in [7, 11) is -2.72. The number of morpholine rings is 1. The van der Waals surface area contributed by atoms with Crippen LogP contribution in [0.25, 0.3) is 0 Å². The van der Waals surface area contributed by atoms with Crippen LogP contribution in [-0.4, -0.2) is 52.0 Å². The number of carbonyl (C=O) groups is 1. The number of ether oxygens (including phenoxy) is 2. The highest BCUT2D eigenvalue weighted by Crippen LogP contribution is 2.33. The molecule has 1 saturated heterocycles. The van der Waals surface area contributed by atoms with E-state index < -0.39 is 27.6 Å². The number of rotatable bonds is 5. The Bertz CT molecular complexity index is 1070. The molecule has 0 saturated carbocycles. The summed E-state index contributed by atoms with van der Waals surface area (Å²) in [5.74, 6) is -2.53. The smallest absolute Gasteiger partial charge is 0.257 e. The maximum atomic E-state index is 13.8. The summed E-state index contributed by atoms with van der Waals surface area (Å²) in [5.41, 5.74) is -0.509. The van der Waals surface area contributed by atoms with Gasteiger partial charge < -0.3 is 14.8 Å². The first-order valence-electron chi connectivity index (χ1n) is 8.87. The second kappa shape index (κ2) is 8.84. The monoisotopic (exact) mass is 460 g/mol. The van der Waals surface area contributed by atoms with Gasteiger partial charge in [-0.25, -0.2) is 17.2 Å². The van der Waals surface area contributed by atoms with Crippen molar-refractivity contribution >= 4 is 33.2 Å². The third-order valence-corrected chi connectivity index (χ3v) is 6.86. The molecule has 1 aliphatic heterocycles. The third-order valence-electron chi connectivity index (χ3n) is 4.62. The van der Waals surface area contributed by atoms with Crippen LogP contribution in [0.15, 0.2) is 29.2 Å². The zero-order valence-electron chi connectivity index (χ0n) is 16.2. The number of hydrogen-bond donors (Lipinski definition) is 1. The van der Waals surface area contributed by atoms with E-state index in [2.05, 4.69) is 5.32 Å². The zero-order chi connectivity index (χ0) is 22.1. The number of nitrogens with zero attached hydrogens (tertiary/aromatic N) is 1. The van der Waals surface area contributed by atoms with Crippen molar-refractivity contribution in [1.82, 2.24) is 4.31 Å². The zero-order valence-corrected chi connectivity index (χ0v) is 17.7. The van der Waals surface area contributed by atoms with Crippen LogP contribution in [0.4, 0.5) is 14.5 Å². The summed E-state index contributed by atoms with van der Waals surface area (Å²) in [6.07, 6.45) is 0. The van der Waals surface area contributed by atoms with E-state index in [0.29, 0.717) is 0 Å². The standard InChI is InChI=1S/C19H19ClF2N2O5S/c1-11-15(21)7-12(8-16(11)22)23-19(25)13-9-18(17(28-2)10-14(13)20)30(26,27)24-3-5-29-6-4-24/h7-10H,3-6H2,1-2H3,(H,23,25). The van der Waals surface area contributed by atoms with Crippen LogP contribution in [0, 0.1) is 18.6 Å². The lowest BCUT2D eigenvalue weighted by Crippen LogP contribution is -2.40. The van der Waals surface area contributed by atoms with Gasteiger partial charge in [-0.2, -0.15) is 4.31 Å². The lowest BCUT2D eigenvalue weighted by molar-refractivity contribution is 0.0729. The number of nitrogens with one attached hydrogen (secondary N) is 1.